The fourth-order valence-corrected chi connectivity index (χ4v) is 4.43. The van der Waals surface area contributed by atoms with Crippen molar-refractivity contribution in [3.8, 4) is 5.75 Å². The number of benzene rings is 2. The van der Waals surface area contributed by atoms with E-state index in [-0.39, 0.29) is 18.2 Å². The highest BCUT2D eigenvalue weighted by Gasteiger charge is 2.49. The van der Waals surface area contributed by atoms with E-state index < -0.39 is 11.2 Å². The topological polar surface area (TPSA) is 68.2 Å². The number of carbonyl (C=O) groups excluding carboxylic acids is 1. The van der Waals surface area contributed by atoms with Crippen molar-refractivity contribution in [3.63, 3.8) is 0 Å². The summed E-state index contributed by atoms with van der Waals surface area (Å²) in [4.78, 5) is 14.5. The molecule has 6 heteroatoms. The Balaban J connectivity index is 1.44. The first kappa shape index (κ1) is 21.7. The van der Waals surface area contributed by atoms with E-state index in [1.54, 1.807) is 4.90 Å². The molecule has 0 aliphatic carbocycles. The summed E-state index contributed by atoms with van der Waals surface area (Å²) in [7, 11) is 0. The molecule has 0 aromatic heterocycles. The molecule has 1 amide bonds. The number of hydrogen-bond acceptors (Lipinski definition) is 5. The average Bonchev–Trinajstić information content (AvgIpc) is 2.71. The summed E-state index contributed by atoms with van der Waals surface area (Å²) in [5.74, 6) is 0.755. The minimum Gasteiger partial charge on any atom is -0.489 e. The van der Waals surface area contributed by atoms with E-state index in [2.05, 4.69) is 0 Å². The SMILES string of the molecule is CC(C)(C)OC(=O)N1C2COCC1CC(O)(c1ccc(OCc3ccccc3)cc1)C2. The molecule has 0 radical (unpaired) electrons. The van der Waals surface area contributed by atoms with E-state index in [1.165, 1.54) is 0 Å². The zero-order chi connectivity index (χ0) is 22.1. The maximum Gasteiger partial charge on any atom is 0.410 e. The minimum absolute atomic E-state index is 0.221. The van der Waals surface area contributed by atoms with Gasteiger partial charge in [-0.25, -0.2) is 4.79 Å². The number of morpholine rings is 1. The van der Waals surface area contributed by atoms with Gasteiger partial charge < -0.3 is 19.3 Å². The third-order valence-electron chi connectivity index (χ3n) is 5.80. The summed E-state index contributed by atoms with van der Waals surface area (Å²) in [6.07, 6.45) is 0.484. The Kier molecular flexibility index (Phi) is 5.95. The van der Waals surface area contributed by atoms with Crippen LogP contribution in [0.1, 0.15) is 44.7 Å². The van der Waals surface area contributed by atoms with Crippen molar-refractivity contribution >= 4 is 6.09 Å². The molecule has 2 unspecified atom stereocenters. The molecule has 0 saturated carbocycles. The van der Waals surface area contributed by atoms with Gasteiger partial charge in [-0.3, -0.25) is 4.90 Å². The summed E-state index contributed by atoms with van der Waals surface area (Å²) in [5.41, 5.74) is 0.360. The van der Waals surface area contributed by atoms with Crippen LogP contribution in [0.4, 0.5) is 4.79 Å². The van der Waals surface area contributed by atoms with Crippen molar-refractivity contribution in [2.24, 2.45) is 0 Å². The summed E-state index contributed by atoms with van der Waals surface area (Å²) >= 11 is 0. The van der Waals surface area contributed by atoms with Gasteiger partial charge in [0.1, 0.15) is 18.0 Å². The van der Waals surface area contributed by atoms with Gasteiger partial charge in [0.2, 0.25) is 0 Å². The first-order valence-electron chi connectivity index (χ1n) is 10.8. The van der Waals surface area contributed by atoms with Crippen LogP contribution in [0.15, 0.2) is 54.6 Å². The van der Waals surface area contributed by atoms with Crippen molar-refractivity contribution in [2.75, 3.05) is 13.2 Å². The van der Waals surface area contributed by atoms with Gasteiger partial charge >= 0.3 is 6.09 Å². The van der Waals surface area contributed by atoms with Crippen LogP contribution >= 0.6 is 0 Å². The fraction of sp³-hybridized carbons (Fsp3) is 0.480. The van der Waals surface area contributed by atoms with E-state index in [0.717, 1.165) is 16.9 Å². The van der Waals surface area contributed by atoms with Gasteiger partial charge in [0.05, 0.1) is 30.9 Å². The van der Waals surface area contributed by atoms with Gasteiger partial charge in [0.15, 0.2) is 0 Å². The van der Waals surface area contributed by atoms with E-state index >= 15 is 0 Å². The molecule has 2 fully saturated rings. The van der Waals surface area contributed by atoms with Gasteiger partial charge in [-0.05, 0) is 44.0 Å². The first-order valence-corrected chi connectivity index (χ1v) is 10.8. The van der Waals surface area contributed by atoms with Crippen LogP contribution in [0.25, 0.3) is 0 Å². The van der Waals surface area contributed by atoms with Crippen molar-refractivity contribution in [2.45, 2.75) is 63.5 Å². The number of fused-ring (bicyclic) bond motifs is 2. The van der Waals surface area contributed by atoms with E-state index in [1.807, 2.05) is 75.4 Å². The molecule has 0 spiro atoms. The number of carbonyl (C=O) groups is 1. The van der Waals surface area contributed by atoms with Gasteiger partial charge in [-0.1, -0.05) is 42.5 Å². The van der Waals surface area contributed by atoms with Crippen molar-refractivity contribution in [1.82, 2.24) is 4.90 Å². The highest BCUT2D eigenvalue weighted by atomic mass is 16.6. The molecule has 4 rings (SSSR count). The van der Waals surface area contributed by atoms with Gasteiger partial charge in [-0.15, -0.1) is 0 Å². The third-order valence-corrected chi connectivity index (χ3v) is 5.80. The molecule has 2 aromatic rings. The van der Waals surface area contributed by atoms with Crippen molar-refractivity contribution < 1.29 is 24.1 Å². The van der Waals surface area contributed by atoms with Gasteiger partial charge in [0.25, 0.3) is 0 Å². The Morgan fingerprint density at radius 2 is 1.68 bits per heavy atom. The van der Waals surface area contributed by atoms with Crippen LogP contribution in [0, 0.1) is 0 Å². The second kappa shape index (κ2) is 8.52. The Bertz CT molecular complexity index is 876. The normalized spacial score (nSPS) is 25.7. The Labute approximate surface area is 183 Å². The first-order chi connectivity index (χ1) is 14.7. The highest BCUT2D eigenvalue weighted by molar-refractivity contribution is 5.69. The second-order valence-corrected chi connectivity index (χ2v) is 9.47. The molecule has 2 aromatic carbocycles. The molecule has 2 bridgehead atoms. The smallest absolute Gasteiger partial charge is 0.410 e. The minimum atomic E-state index is -1.02. The lowest BCUT2D eigenvalue weighted by atomic mass is 9.77. The fourth-order valence-electron chi connectivity index (χ4n) is 4.43. The lowest BCUT2D eigenvalue weighted by Crippen LogP contribution is -2.63. The van der Waals surface area contributed by atoms with Crippen LogP contribution < -0.4 is 4.74 Å². The predicted molar refractivity (Wildman–Crippen MR) is 117 cm³/mol. The van der Waals surface area contributed by atoms with Crippen molar-refractivity contribution in [1.29, 1.82) is 0 Å². The molecule has 166 valence electrons. The summed E-state index contributed by atoms with van der Waals surface area (Å²) in [5, 5.41) is 11.5. The quantitative estimate of drug-likeness (QED) is 0.793. The van der Waals surface area contributed by atoms with E-state index in [0.29, 0.717) is 32.7 Å². The third kappa shape index (κ3) is 5.02. The molecule has 6 nitrogen and oxygen atoms in total. The molecular weight excluding hydrogens is 394 g/mol. The average molecular weight is 426 g/mol. The number of piperidine rings is 1. The number of amides is 1. The molecule has 2 aliphatic rings. The molecular formula is C25H31NO5. The monoisotopic (exact) mass is 425 g/mol. The molecule has 1 N–H and O–H groups in total. The zero-order valence-corrected chi connectivity index (χ0v) is 18.4. The highest BCUT2D eigenvalue weighted by Crippen LogP contribution is 2.42. The summed E-state index contributed by atoms with van der Waals surface area (Å²) < 4.78 is 17.2. The van der Waals surface area contributed by atoms with Gasteiger partial charge in [-0.2, -0.15) is 0 Å². The van der Waals surface area contributed by atoms with Crippen LogP contribution in [-0.2, 0) is 21.7 Å². The number of rotatable bonds is 4. The van der Waals surface area contributed by atoms with Gasteiger partial charge in [0, 0.05) is 12.8 Å². The molecule has 2 atom stereocenters. The second-order valence-electron chi connectivity index (χ2n) is 9.47. The van der Waals surface area contributed by atoms with E-state index in [4.69, 9.17) is 14.2 Å². The van der Waals surface area contributed by atoms with Crippen LogP contribution in [-0.4, -0.2) is 47.0 Å². The van der Waals surface area contributed by atoms with Crippen LogP contribution in [0.5, 0.6) is 5.75 Å². The number of ether oxygens (including phenoxy) is 3. The molecule has 31 heavy (non-hydrogen) atoms. The Morgan fingerprint density at radius 1 is 1.06 bits per heavy atom. The Hall–Kier alpha value is -2.57. The molecule has 2 aliphatic heterocycles. The van der Waals surface area contributed by atoms with E-state index in [9.17, 15) is 9.90 Å². The maximum absolute atomic E-state index is 12.8. The number of nitrogens with zero attached hydrogens (tertiary/aromatic N) is 1. The van der Waals surface area contributed by atoms with Crippen molar-refractivity contribution in [3.05, 3.63) is 65.7 Å². The zero-order valence-electron chi connectivity index (χ0n) is 18.4. The predicted octanol–water partition coefficient (Wildman–Crippen LogP) is 4.25. The Morgan fingerprint density at radius 3 is 2.26 bits per heavy atom. The van der Waals surface area contributed by atoms with Crippen LogP contribution in [0.2, 0.25) is 0 Å². The number of hydrogen-bond donors (Lipinski definition) is 1. The lowest BCUT2D eigenvalue weighted by Gasteiger charge is -2.51. The lowest BCUT2D eigenvalue weighted by molar-refractivity contribution is -0.141. The largest absolute Gasteiger partial charge is 0.489 e. The summed E-state index contributed by atoms with van der Waals surface area (Å²) in [6.45, 7) is 6.88. The standard InChI is InChI=1S/C25H31NO5/c1-24(2,3)31-23(27)26-20-13-25(28,14-21(26)17-29-16-20)19-9-11-22(12-10-19)30-15-18-7-5-4-6-8-18/h4-12,20-21,28H,13-17H2,1-3H3. The maximum atomic E-state index is 12.8. The molecule has 2 saturated heterocycles. The summed E-state index contributed by atoms with van der Waals surface area (Å²) in [6, 6.07) is 17.2. The van der Waals surface area contributed by atoms with Crippen LogP contribution in [0.3, 0.4) is 0 Å². The molecule has 2 heterocycles. The number of aliphatic hydroxyl groups is 1.